The van der Waals surface area contributed by atoms with Crippen molar-refractivity contribution < 1.29 is 14.3 Å². The molecule has 1 heterocycles. The molecule has 0 atom stereocenters. The molecule has 2 amide bonds. The van der Waals surface area contributed by atoms with Crippen LogP contribution >= 0.6 is 11.3 Å². The van der Waals surface area contributed by atoms with Crippen LogP contribution in [0.25, 0.3) is 0 Å². The molecule has 6 heteroatoms. The summed E-state index contributed by atoms with van der Waals surface area (Å²) in [6.45, 7) is 0.364. The van der Waals surface area contributed by atoms with Crippen LogP contribution in [0.1, 0.15) is 26.3 Å². The highest BCUT2D eigenvalue weighted by Crippen LogP contribution is 2.18. The summed E-state index contributed by atoms with van der Waals surface area (Å²) in [4.78, 5) is 24.8. The Morgan fingerprint density at radius 2 is 1.88 bits per heavy atom. The lowest BCUT2D eigenvalue weighted by molar-refractivity contribution is 0.0951. The first kappa shape index (κ1) is 17.7. The molecule has 26 heavy (non-hydrogen) atoms. The average molecular weight is 366 g/mol. The van der Waals surface area contributed by atoms with Crippen molar-refractivity contribution in [2.45, 2.75) is 6.54 Å². The van der Waals surface area contributed by atoms with E-state index >= 15 is 0 Å². The SMILES string of the molecule is COc1cccc(CNC(=O)c2ccccc2NC(=O)c2ccsc2)c1. The van der Waals surface area contributed by atoms with E-state index in [2.05, 4.69) is 10.6 Å². The normalized spacial score (nSPS) is 10.2. The van der Waals surface area contributed by atoms with Gasteiger partial charge in [0.1, 0.15) is 5.75 Å². The van der Waals surface area contributed by atoms with Crippen LogP contribution in [0.15, 0.2) is 65.4 Å². The maximum atomic E-state index is 12.6. The summed E-state index contributed by atoms with van der Waals surface area (Å²) < 4.78 is 5.19. The Morgan fingerprint density at radius 1 is 1.04 bits per heavy atom. The Balaban J connectivity index is 1.70. The molecule has 3 aromatic rings. The highest BCUT2D eigenvalue weighted by atomic mass is 32.1. The van der Waals surface area contributed by atoms with Crippen molar-refractivity contribution in [2.75, 3.05) is 12.4 Å². The van der Waals surface area contributed by atoms with Gasteiger partial charge >= 0.3 is 0 Å². The third kappa shape index (κ3) is 4.29. The fourth-order valence-corrected chi connectivity index (χ4v) is 3.07. The van der Waals surface area contributed by atoms with Crippen LogP contribution in [0.5, 0.6) is 5.75 Å². The molecule has 0 spiro atoms. The van der Waals surface area contributed by atoms with Gasteiger partial charge in [0.15, 0.2) is 0 Å². The summed E-state index contributed by atoms with van der Waals surface area (Å²) in [5.74, 6) is 0.244. The molecule has 132 valence electrons. The third-order valence-corrected chi connectivity index (χ3v) is 4.47. The van der Waals surface area contributed by atoms with Crippen LogP contribution in [0.3, 0.4) is 0 Å². The molecule has 0 saturated heterocycles. The summed E-state index contributed by atoms with van der Waals surface area (Å²) in [7, 11) is 1.60. The smallest absolute Gasteiger partial charge is 0.256 e. The van der Waals surface area contributed by atoms with Crippen molar-refractivity contribution in [3.8, 4) is 5.75 Å². The minimum absolute atomic E-state index is 0.237. The quantitative estimate of drug-likeness (QED) is 0.694. The number of thiophene rings is 1. The standard InChI is InChI=1S/C20H18N2O3S/c1-25-16-6-4-5-14(11-16)12-21-20(24)17-7-2-3-8-18(17)22-19(23)15-9-10-26-13-15/h2-11,13H,12H2,1H3,(H,21,24)(H,22,23). The van der Waals surface area contributed by atoms with E-state index in [0.717, 1.165) is 11.3 Å². The first-order valence-electron chi connectivity index (χ1n) is 8.01. The molecular weight excluding hydrogens is 348 g/mol. The van der Waals surface area contributed by atoms with Gasteiger partial charge in [0.25, 0.3) is 11.8 Å². The molecule has 2 aromatic carbocycles. The maximum Gasteiger partial charge on any atom is 0.256 e. The van der Waals surface area contributed by atoms with E-state index in [9.17, 15) is 9.59 Å². The molecule has 0 aliphatic carbocycles. The van der Waals surface area contributed by atoms with Gasteiger partial charge < -0.3 is 15.4 Å². The maximum absolute atomic E-state index is 12.6. The number of para-hydroxylation sites is 1. The molecule has 3 rings (SSSR count). The van der Waals surface area contributed by atoms with Crippen LogP contribution in [-0.4, -0.2) is 18.9 Å². The van der Waals surface area contributed by atoms with Gasteiger partial charge in [0.2, 0.25) is 0 Å². The topological polar surface area (TPSA) is 67.4 Å². The van der Waals surface area contributed by atoms with E-state index in [1.807, 2.05) is 29.6 Å². The zero-order chi connectivity index (χ0) is 18.4. The third-order valence-electron chi connectivity index (χ3n) is 3.79. The predicted octanol–water partition coefficient (Wildman–Crippen LogP) is 3.94. The van der Waals surface area contributed by atoms with Gasteiger partial charge in [0, 0.05) is 11.9 Å². The number of ether oxygens (including phenoxy) is 1. The molecule has 0 bridgehead atoms. The number of carbonyl (C=O) groups excluding carboxylic acids is 2. The zero-order valence-electron chi connectivity index (χ0n) is 14.2. The largest absolute Gasteiger partial charge is 0.497 e. The van der Waals surface area contributed by atoms with Gasteiger partial charge in [-0.3, -0.25) is 9.59 Å². The number of anilines is 1. The number of carbonyl (C=O) groups is 2. The van der Waals surface area contributed by atoms with E-state index in [4.69, 9.17) is 4.74 Å². The number of hydrogen-bond donors (Lipinski definition) is 2. The second kappa shape index (κ2) is 8.31. The average Bonchev–Trinajstić information content (AvgIpc) is 3.21. The number of benzene rings is 2. The van der Waals surface area contributed by atoms with Crippen molar-refractivity contribution in [3.63, 3.8) is 0 Å². The summed E-state index contributed by atoms with van der Waals surface area (Å²) in [5.41, 5.74) is 2.39. The van der Waals surface area contributed by atoms with Crippen LogP contribution in [0, 0.1) is 0 Å². The second-order valence-corrected chi connectivity index (χ2v) is 6.33. The van der Waals surface area contributed by atoms with E-state index in [-0.39, 0.29) is 11.8 Å². The molecule has 0 saturated carbocycles. The highest BCUT2D eigenvalue weighted by molar-refractivity contribution is 7.08. The molecule has 5 nitrogen and oxygen atoms in total. The van der Waals surface area contributed by atoms with Crippen molar-refractivity contribution in [3.05, 3.63) is 82.0 Å². The van der Waals surface area contributed by atoms with Gasteiger partial charge in [-0.25, -0.2) is 0 Å². The van der Waals surface area contributed by atoms with Crippen LogP contribution in [0.2, 0.25) is 0 Å². The number of nitrogens with one attached hydrogen (secondary N) is 2. The van der Waals surface area contributed by atoms with Crippen molar-refractivity contribution in [1.29, 1.82) is 0 Å². The Bertz CT molecular complexity index is 907. The number of hydrogen-bond acceptors (Lipinski definition) is 4. The van der Waals surface area contributed by atoms with Crippen LogP contribution in [0.4, 0.5) is 5.69 Å². The number of rotatable bonds is 6. The van der Waals surface area contributed by atoms with E-state index < -0.39 is 0 Å². The predicted molar refractivity (Wildman–Crippen MR) is 103 cm³/mol. The minimum atomic E-state index is -0.256. The summed E-state index contributed by atoms with van der Waals surface area (Å²) in [6, 6.07) is 16.2. The van der Waals surface area contributed by atoms with Gasteiger partial charge in [0.05, 0.1) is 23.9 Å². The van der Waals surface area contributed by atoms with E-state index in [0.29, 0.717) is 23.4 Å². The first-order valence-corrected chi connectivity index (χ1v) is 8.95. The van der Waals surface area contributed by atoms with Crippen molar-refractivity contribution >= 4 is 28.8 Å². The van der Waals surface area contributed by atoms with Crippen LogP contribution in [-0.2, 0) is 6.54 Å². The van der Waals surface area contributed by atoms with Gasteiger partial charge in [-0.1, -0.05) is 24.3 Å². The van der Waals surface area contributed by atoms with Crippen LogP contribution < -0.4 is 15.4 Å². The molecule has 0 fully saturated rings. The Labute approximate surface area is 155 Å². The Kier molecular flexibility index (Phi) is 5.66. The van der Waals surface area contributed by atoms with E-state index in [1.165, 1.54) is 11.3 Å². The highest BCUT2D eigenvalue weighted by Gasteiger charge is 2.14. The van der Waals surface area contributed by atoms with Gasteiger partial charge in [-0.05, 0) is 41.3 Å². The zero-order valence-corrected chi connectivity index (χ0v) is 15.0. The van der Waals surface area contributed by atoms with Crippen molar-refractivity contribution in [1.82, 2.24) is 5.32 Å². The lowest BCUT2D eigenvalue weighted by Crippen LogP contribution is -2.24. The van der Waals surface area contributed by atoms with Gasteiger partial charge in [-0.2, -0.15) is 11.3 Å². The lowest BCUT2D eigenvalue weighted by Gasteiger charge is -2.11. The summed E-state index contributed by atoms with van der Waals surface area (Å²) in [6.07, 6.45) is 0. The number of methoxy groups -OCH3 is 1. The molecule has 0 unspecified atom stereocenters. The summed E-state index contributed by atoms with van der Waals surface area (Å²) >= 11 is 1.45. The molecule has 0 aliphatic rings. The Morgan fingerprint density at radius 3 is 2.65 bits per heavy atom. The fourth-order valence-electron chi connectivity index (χ4n) is 2.44. The molecule has 1 aromatic heterocycles. The Hall–Kier alpha value is -3.12. The molecule has 0 aliphatic heterocycles. The first-order chi connectivity index (χ1) is 12.7. The fraction of sp³-hybridized carbons (Fsp3) is 0.100. The second-order valence-electron chi connectivity index (χ2n) is 5.55. The lowest BCUT2D eigenvalue weighted by atomic mass is 10.1. The van der Waals surface area contributed by atoms with Crippen molar-refractivity contribution in [2.24, 2.45) is 0 Å². The van der Waals surface area contributed by atoms with Gasteiger partial charge in [-0.15, -0.1) is 0 Å². The number of amides is 2. The molecule has 2 N–H and O–H groups in total. The summed E-state index contributed by atoms with van der Waals surface area (Å²) in [5, 5.41) is 9.27. The molecular formula is C20H18N2O3S. The molecule has 0 radical (unpaired) electrons. The van der Waals surface area contributed by atoms with E-state index in [1.54, 1.807) is 42.8 Å². The minimum Gasteiger partial charge on any atom is -0.497 e. The monoisotopic (exact) mass is 366 g/mol.